The lowest BCUT2D eigenvalue weighted by Crippen LogP contribution is -2.34. The molecule has 0 aromatic carbocycles. The van der Waals surface area contributed by atoms with E-state index in [2.05, 4.69) is 25.6 Å². The number of carbonyl (C=O) groups excluding carboxylic acids is 2. The molecule has 0 aliphatic carbocycles. The maximum atomic E-state index is 11.8. The van der Waals surface area contributed by atoms with Gasteiger partial charge >= 0.3 is 12.2 Å². The summed E-state index contributed by atoms with van der Waals surface area (Å²) in [6.07, 6.45) is -0.646. The lowest BCUT2D eigenvalue weighted by Gasteiger charge is -2.18. The number of imidazole rings is 1. The van der Waals surface area contributed by atoms with Crippen molar-refractivity contribution in [3.63, 3.8) is 0 Å². The fraction of sp³-hybridized carbons (Fsp3) is 0.533. The number of rotatable bonds is 9. The highest BCUT2D eigenvalue weighted by molar-refractivity contribution is 5.70. The van der Waals surface area contributed by atoms with Gasteiger partial charge in [-0.05, 0) is 13.8 Å². The van der Waals surface area contributed by atoms with E-state index >= 15 is 0 Å². The molecule has 0 aliphatic heterocycles. The number of carbonyl (C=O) groups is 2. The summed E-state index contributed by atoms with van der Waals surface area (Å²) in [4.78, 5) is 45.1. The highest BCUT2D eigenvalue weighted by Gasteiger charge is 2.17. The van der Waals surface area contributed by atoms with Crippen molar-refractivity contribution in [1.82, 2.24) is 30.2 Å². The standard InChI is InChI=1S/C15H23N7O6/c1-3-17-14(24)26-5-9(6-27-15(25)18-4-2)28-8-22-7-19-10-11(22)20-13(16)21-12(10)23/h7,9H,3-6,8H2,1-2H3,(H,17,24)(H,18,25)(H3,16,20,21,23). The molecule has 0 saturated heterocycles. The van der Waals surface area contributed by atoms with Crippen molar-refractivity contribution in [3.05, 3.63) is 16.7 Å². The van der Waals surface area contributed by atoms with Crippen molar-refractivity contribution < 1.29 is 23.8 Å². The first-order chi connectivity index (χ1) is 13.4. The molecule has 0 unspecified atom stereocenters. The third kappa shape index (κ3) is 5.84. The number of nitrogen functional groups attached to an aromatic ring is 1. The van der Waals surface area contributed by atoms with E-state index in [0.717, 1.165) is 0 Å². The van der Waals surface area contributed by atoms with E-state index in [1.165, 1.54) is 10.9 Å². The van der Waals surface area contributed by atoms with E-state index in [0.29, 0.717) is 13.1 Å². The van der Waals surface area contributed by atoms with Gasteiger partial charge < -0.3 is 30.6 Å². The number of aromatic amines is 1. The van der Waals surface area contributed by atoms with E-state index in [-0.39, 0.29) is 37.1 Å². The molecular formula is C15H23N7O6. The van der Waals surface area contributed by atoms with Gasteiger partial charge in [0.25, 0.3) is 5.56 Å². The molecule has 13 nitrogen and oxygen atoms in total. The molecule has 5 N–H and O–H groups in total. The summed E-state index contributed by atoms with van der Waals surface area (Å²) in [6.45, 7) is 3.90. The van der Waals surface area contributed by atoms with Crippen LogP contribution in [0.3, 0.4) is 0 Å². The van der Waals surface area contributed by atoms with Gasteiger partial charge in [0.1, 0.15) is 26.0 Å². The summed E-state index contributed by atoms with van der Waals surface area (Å²) >= 11 is 0. The molecule has 0 fully saturated rings. The summed E-state index contributed by atoms with van der Waals surface area (Å²) in [6, 6.07) is 0. The van der Waals surface area contributed by atoms with Gasteiger partial charge in [0.05, 0.1) is 6.33 Å². The fourth-order valence-electron chi connectivity index (χ4n) is 2.12. The van der Waals surface area contributed by atoms with Gasteiger partial charge in [-0.3, -0.25) is 14.3 Å². The monoisotopic (exact) mass is 397 g/mol. The van der Waals surface area contributed by atoms with Gasteiger partial charge in [-0.1, -0.05) is 0 Å². The maximum Gasteiger partial charge on any atom is 0.407 e. The quantitative estimate of drug-likeness (QED) is 0.436. The first kappa shape index (κ1) is 21.0. The molecule has 2 aromatic rings. The van der Waals surface area contributed by atoms with Crippen LogP contribution in [0.5, 0.6) is 0 Å². The first-order valence-electron chi connectivity index (χ1n) is 8.58. The predicted molar refractivity (Wildman–Crippen MR) is 97.5 cm³/mol. The van der Waals surface area contributed by atoms with Crippen molar-refractivity contribution >= 4 is 29.3 Å². The third-order valence-corrected chi connectivity index (χ3v) is 3.39. The highest BCUT2D eigenvalue weighted by atomic mass is 16.6. The second-order valence-corrected chi connectivity index (χ2v) is 5.51. The smallest absolute Gasteiger partial charge is 0.407 e. The Labute approximate surface area is 159 Å². The normalized spacial score (nSPS) is 10.8. The topological polar surface area (TPSA) is 175 Å². The summed E-state index contributed by atoms with van der Waals surface area (Å²) in [5, 5.41) is 4.96. The van der Waals surface area contributed by atoms with Crippen LogP contribution < -0.4 is 21.9 Å². The first-order valence-corrected chi connectivity index (χ1v) is 8.58. The number of ether oxygens (including phenoxy) is 3. The number of fused-ring (bicyclic) bond motifs is 1. The second-order valence-electron chi connectivity index (χ2n) is 5.51. The zero-order chi connectivity index (χ0) is 20.5. The van der Waals surface area contributed by atoms with E-state index in [1.54, 1.807) is 13.8 Å². The number of aromatic nitrogens is 4. The van der Waals surface area contributed by atoms with Crippen LogP contribution >= 0.6 is 0 Å². The maximum absolute atomic E-state index is 11.8. The summed E-state index contributed by atoms with van der Waals surface area (Å²) < 4.78 is 17.2. The minimum Gasteiger partial charge on any atom is -0.447 e. The van der Waals surface area contributed by atoms with Crippen LogP contribution in [0, 0.1) is 0 Å². The summed E-state index contributed by atoms with van der Waals surface area (Å²) in [5.74, 6) is -0.0602. The fourth-order valence-corrected chi connectivity index (χ4v) is 2.12. The van der Waals surface area contributed by atoms with Gasteiger partial charge in [-0.2, -0.15) is 4.98 Å². The number of nitrogens with one attached hydrogen (secondary N) is 3. The number of hydrogen-bond acceptors (Lipinski definition) is 9. The summed E-state index contributed by atoms with van der Waals surface area (Å²) in [7, 11) is 0. The average Bonchev–Trinajstić information content (AvgIpc) is 3.04. The number of anilines is 1. The Balaban J connectivity index is 2.03. The molecule has 0 aliphatic rings. The second kappa shape index (κ2) is 10.1. The van der Waals surface area contributed by atoms with Crippen LogP contribution in [0.4, 0.5) is 15.5 Å². The molecular weight excluding hydrogens is 374 g/mol. The van der Waals surface area contributed by atoms with Crippen LogP contribution in [-0.4, -0.2) is 64.1 Å². The van der Waals surface area contributed by atoms with Gasteiger partial charge in [-0.15, -0.1) is 0 Å². The Kier molecular flexibility index (Phi) is 7.56. The molecule has 13 heteroatoms. The Hall–Kier alpha value is -3.35. The Morgan fingerprint density at radius 1 is 1.21 bits per heavy atom. The minimum atomic E-state index is -0.762. The molecule has 2 aromatic heterocycles. The SMILES string of the molecule is CCNC(=O)OCC(COC(=O)NCC)OCn1cnc2c(=O)[nH]c(N)nc21. The van der Waals surface area contributed by atoms with E-state index in [4.69, 9.17) is 19.9 Å². The molecule has 2 amide bonds. The lowest BCUT2D eigenvalue weighted by molar-refractivity contribution is -0.0544. The molecule has 0 saturated carbocycles. The number of alkyl carbamates (subject to hydrolysis) is 2. The number of hydrogen-bond donors (Lipinski definition) is 4. The molecule has 2 heterocycles. The van der Waals surface area contributed by atoms with Crippen molar-refractivity contribution in [2.75, 3.05) is 32.0 Å². The third-order valence-electron chi connectivity index (χ3n) is 3.39. The van der Waals surface area contributed by atoms with Crippen molar-refractivity contribution in [2.24, 2.45) is 0 Å². The zero-order valence-corrected chi connectivity index (χ0v) is 15.6. The molecule has 0 atom stereocenters. The zero-order valence-electron chi connectivity index (χ0n) is 15.6. The van der Waals surface area contributed by atoms with Crippen LogP contribution in [0.2, 0.25) is 0 Å². The lowest BCUT2D eigenvalue weighted by atomic mass is 10.4. The summed E-state index contributed by atoms with van der Waals surface area (Å²) in [5.41, 5.74) is 5.41. The average molecular weight is 397 g/mol. The Morgan fingerprint density at radius 3 is 2.39 bits per heavy atom. The molecule has 0 spiro atoms. The number of amides is 2. The van der Waals surface area contributed by atoms with Gasteiger partial charge in [0, 0.05) is 13.1 Å². The van der Waals surface area contributed by atoms with E-state index in [9.17, 15) is 14.4 Å². The van der Waals surface area contributed by atoms with Gasteiger partial charge in [-0.25, -0.2) is 14.6 Å². The van der Waals surface area contributed by atoms with E-state index < -0.39 is 23.8 Å². The van der Waals surface area contributed by atoms with Crippen molar-refractivity contribution in [1.29, 1.82) is 0 Å². The minimum absolute atomic E-state index is 0.0602. The van der Waals surface area contributed by atoms with Crippen molar-refractivity contribution in [2.45, 2.75) is 26.7 Å². The Morgan fingerprint density at radius 2 is 1.82 bits per heavy atom. The highest BCUT2D eigenvalue weighted by Crippen LogP contribution is 2.08. The molecule has 0 bridgehead atoms. The van der Waals surface area contributed by atoms with Crippen LogP contribution in [0.15, 0.2) is 11.1 Å². The molecule has 154 valence electrons. The van der Waals surface area contributed by atoms with Crippen LogP contribution in [0.25, 0.3) is 11.2 Å². The van der Waals surface area contributed by atoms with Crippen molar-refractivity contribution in [3.8, 4) is 0 Å². The van der Waals surface area contributed by atoms with Gasteiger partial charge in [0.15, 0.2) is 11.2 Å². The van der Waals surface area contributed by atoms with Crippen LogP contribution in [-0.2, 0) is 20.9 Å². The number of nitrogens with zero attached hydrogens (tertiary/aromatic N) is 3. The Bertz CT molecular complexity index is 842. The number of nitrogens with two attached hydrogens (primary N) is 1. The van der Waals surface area contributed by atoms with Crippen LogP contribution in [0.1, 0.15) is 13.8 Å². The molecule has 28 heavy (non-hydrogen) atoms. The van der Waals surface area contributed by atoms with E-state index in [1.807, 2.05) is 0 Å². The molecule has 2 rings (SSSR count). The largest absolute Gasteiger partial charge is 0.447 e. The predicted octanol–water partition coefficient (Wildman–Crippen LogP) is -0.463. The van der Waals surface area contributed by atoms with Gasteiger partial charge in [0.2, 0.25) is 5.95 Å². The number of H-pyrrole nitrogens is 1. The molecule has 0 radical (unpaired) electrons.